The van der Waals surface area contributed by atoms with Crippen LogP contribution in [0.5, 0.6) is 5.75 Å². The number of carbonyl (C=O) groups excluding carboxylic acids is 4. The van der Waals surface area contributed by atoms with Gasteiger partial charge >= 0.3 is 12.5 Å². The Bertz CT molecular complexity index is 2370. The number of H-pyrrole nitrogens is 1. The Hall–Kier alpha value is -5.88. The number of amides is 4. The molecular weight excluding hydrogens is 869 g/mol. The minimum absolute atomic E-state index is 0.0281. The summed E-state index contributed by atoms with van der Waals surface area (Å²) in [6.07, 6.45) is -0.876. The van der Waals surface area contributed by atoms with E-state index in [9.17, 15) is 32.3 Å². The molecule has 65 heavy (non-hydrogen) atoms. The average Bonchev–Trinajstić information content (AvgIpc) is 3.93. The highest BCUT2D eigenvalue weighted by molar-refractivity contribution is 6.34. The highest BCUT2D eigenvalue weighted by Crippen LogP contribution is 2.41. The Kier molecular flexibility index (Phi) is 14.0. The number of alkyl carbamates (subject to hydrolysis) is 1. The van der Waals surface area contributed by atoms with Crippen molar-refractivity contribution < 1.29 is 46.6 Å². The summed E-state index contributed by atoms with van der Waals surface area (Å²) in [6.45, 7) is 12.8. The molecule has 0 unspecified atom stereocenters. The Balaban J connectivity index is 1.05. The topological polar surface area (TPSA) is 171 Å². The number of ether oxygens (including phenoxy) is 3. The van der Waals surface area contributed by atoms with Crippen LogP contribution in [-0.4, -0.2) is 114 Å². The van der Waals surface area contributed by atoms with Gasteiger partial charge in [-0.05, 0) is 67.3 Å². The lowest BCUT2D eigenvalue weighted by molar-refractivity contribution is -0.274. The molecule has 3 aliphatic heterocycles. The van der Waals surface area contributed by atoms with Crippen molar-refractivity contribution in [1.29, 1.82) is 0 Å². The van der Waals surface area contributed by atoms with E-state index in [1.165, 1.54) is 19.4 Å². The minimum Gasteiger partial charge on any atom is -0.453 e. The van der Waals surface area contributed by atoms with Gasteiger partial charge in [0.25, 0.3) is 5.91 Å². The van der Waals surface area contributed by atoms with Crippen molar-refractivity contribution >= 4 is 46.9 Å². The molecule has 4 aromatic rings. The molecule has 3 N–H and O–H groups in total. The fraction of sp³-hybridized carbons (Fsp3) is 0.478. The Morgan fingerprint density at radius 1 is 0.938 bits per heavy atom. The van der Waals surface area contributed by atoms with Gasteiger partial charge in [-0.1, -0.05) is 63.6 Å². The fourth-order valence-electron chi connectivity index (χ4n) is 8.75. The number of benzene rings is 2. The number of rotatable bonds is 10. The van der Waals surface area contributed by atoms with Crippen molar-refractivity contribution in [2.45, 2.75) is 78.4 Å². The van der Waals surface area contributed by atoms with Gasteiger partial charge in [-0.15, -0.1) is 13.2 Å². The molecule has 0 saturated carbocycles. The number of carbonyl (C=O) groups is 4. The number of likely N-dealkylation sites (tertiary alicyclic amines) is 1. The first-order valence-corrected chi connectivity index (χ1v) is 22.0. The van der Waals surface area contributed by atoms with E-state index in [4.69, 9.17) is 21.1 Å². The molecule has 0 radical (unpaired) electrons. The van der Waals surface area contributed by atoms with Gasteiger partial charge in [0.1, 0.15) is 23.4 Å². The zero-order valence-corrected chi connectivity index (χ0v) is 37.9. The molecule has 3 saturated heterocycles. The number of piperazine rings is 1. The van der Waals surface area contributed by atoms with E-state index < -0.39 is 41.6 Å². The molecule has 4 amide bonds. The number of aromatic nitrogens is 3. The van der Waals surface area contributed by atoms with Crippen LogP contribution in [0.2, 0.25) is 5.02 Å². The van der Waals surface area contributed by atoms with Crippen LogP contribution in [0.4, 0.5) is 29.5 Å². The molecule has 4 atom stereocenters. The van der Waals surface area contributed by atoms with Gasteiger partial charge < -0.3 is 44.5 Å². The normalized spacial score (nSPS) is 20.0. The monoisotopic (exact) mass is 922 g/mol. The third-order valence-electron chi connectivity index (χ3n) is 12.1. The van der Waals surface area contributed by atoms with E-state index in [0.717, 1.165) is 6.07 Å². The van der Waals surface area contributed by atoms with E-state index in [1.807, 2.05) is 39.5 Å². The third kappa shape index (κ3) is 11.0. The van der Waals surface area contributed by atoms with Gasteiger partial charge in [0.05, 0.1) is 41.3 Å². The fourth-order valence-corrected chi connectivity index (χ4v) is 8.96. The molecule has 0 spiro atoms. The second-order valence-corrected chi connectivity index (χ2v) is 18.4. The van der Waals surface area contributed by atoms with Crippen LogP contribution < -0.4 is 20.3 Å². The van der Waals surface area contributed by atoms with E-state index in [-0.39, 0.29) is 51.5 Å². The summed E-state index contributed by atoms with van der Waals surface area (Å²) in [5, 5.41) is 5.32. The van der Waals surface area contributed by atoms with Crippen molar-refractivity contribution in [3.05, 3.63) is 77.3 Å². The van der Waals surface area contributed by atoms with E-state index in [0.29, 0.717) is 87.1 Å². The Morgan fingerprint density at radius 2 is 1.65 bits per heavy atom. The maximum absolute atomic E-state index is 14.1. The molecule has 5 heterocycles. The van der Waals surface area contributed by atoms with Crippen LogP contribution in [0, 0.1) is 17.3 Å². The Labute approximate surface area is 380 Å². The Morgan fingerprint density at radius 3 is 2.28 bits per heavy atom. The van der Waals surface area contributed by atoms with Gasteiger partial charge in [-0.3, -0.25) is 14.4 Å². The molecule has 0 bridgehead atoms. The van der Waals surface area contributed by atoms with Crippen LogP contribution in [0.25, 0.3) is 22.4 Å². The van der Waals surface area contributed by atoms with Crippen LogP contribution in [0.15, 0.2) is 60.9 Å². The number of hydrogen-bond acceptors (Lipinski definition) is 10. The number of nitrogens with zero attached hydrogens (tertiary/aromatic N) is 5. The van der Waals surface area contributed by atoms with E-state index in [2.05, 4.69) is 35.2 Å². The predicted octanol–water partition coefficient (Wildman–Crippen LogP) is 8.09. The predicted molar refractivity (Wildman–Crippen MR) is 237 cm³/mol. The maximum atomic E-state index is 14.1. The van der Waals surface area contributed by atoms with Crippen molar-refractivity contribution in [1.82, 2.24) is 30.1 Å². The number of pyridine rings is 1. The lowest BCUT2D eigenvalue weighted by Gasteiger charge is -2.42. The zero-order valence-electron chi connectivity index (χ0n) is 37.1. The van der Waals surface area contributed by atoms with Crippen LogP contribution in [0.1, 0.15) is 76.1 Å². The number of anilines is 2. The van der Waals surface area contributed by atoms with Crippen LogP contribution >= 0.6 is 11.6 Å². The highest BCUT2D eigenvalue weighted by Gasteiger charge is 2.42. The first kappa shape index (κ1) is 47.1. The molecular formula is C46H54ClF3N8O7. The highest BCUT2D eigenvalue weighted by atomic mass is 35.5. The summed E-state index contributed by atoms with van der Waals surface area (Å²) < 4.78 is 56.3. The van der Waals surface area contributed by atoms with Gasteiger partial charge in [-0.2, -0.15) is 0 Å². The third-order valence-corrected chi connectivity index (χ3v) is 12.4. The molecule has 3 aliphatic rings. The molecule has 19 heteroatoms. The molecule has 15 nitrogen and oxygen atoms in total. The maximum Gasteiger partial charge on any atom is 0.573 e. The average molecular weight is 923 g/mol. The van der Waals surface area contributed by atoms with E-state index in [1.54, 1.807) is 47.5 Å². The van der Waals surface area contributed by atoms with Gasteiger partial charge in [0.2, 0.25) is 11.8 Å². The number of halogens is 4. The number of nitrogens with one attached hydrogen (secondary N) is 3. The summed E-state index contributed by atoms with van der Waals surface area (Å²) in [4.78, 5) is 70.7. The SMILES string of the molecule is COC(=O)N[C@@H](C(=O)N1C[C@@H](C)C[C@H]1c1ncc(-c2ccc(-c3cc(Cl)c(NC(=O)c4ccc(N5CCN(C(=O)C(C)(C)C)C[C@H]5C)nc4)cc3OC(F)(F)F)cc2)[nH]1)C1CCOCC1. The smallest absolute Gasteiger partial charge is 0.453 e. The summed E-state index contributed by atoms with van der Waals surface area (Å²) in [5.74, 6) is -0.174. The zero-order chi connectivity index (χ0) is 46.8. The number of hydrogen-bond donors (Lipinski definition) is 3. The lowest BCUT2D eigenvalue weighted by atomic mass is 9.90. The van der Waals surface area contributed by atoms with Crippen molar-refractivity contribution in [2.75, 3.05) is 56.7 Å². The van der Waals surface area contributed by atoms with Crippen LogP contribution in [0.3, 0.4) is 0 Å². The number of alkyl halides is 3. The van der Waals surface area contributed by atoms with Crippen molar-refractivity contribution in [3.8, 4) is 28.1 Å². The number of aromatic amines is 1. The summed E-state index contributed by atoms with van der Waals surface area (Å²) in [6, 6.07) is 11.0. The van der Waals surface area contributed by atoms with Gasteiger partial charge in [0.15, 0.2) is 0 Å². The molecule has 0 aliphatic carbocycles. The summed E-state index contributed by atoms with van der Waals surface area (Å²) >= 11 is 6.62. The summed E-state index contributed by atoms with van der Waals surface area (Å²) in [5.41, 5.74) is 1.21. The minimum atomic E-state index is -5.06. The lowest BCUT2D eigenvalue weighted by Crippen LogP contribution is -2.56. The van der Waals surface area contributed by atoms with Crippen LogP contribution in [-0.2, 0) is 19.1 Å². The first-order valence-electron chi connectivity index (χ1n) is 21.6. The van der Waals surface area contributed by atoms with Crippen molar-refractivity contribution in [3.63, 3.8) is 0 Å². The second kappa shape index (κ2) is 19.3. The second-order valence-electron chi connectivity index (χ2n) is 17.9. The van der Waals surface area contributed by atoms with Gasteiger partial charge in [0, 0.05) is 68.7 Å². The first-order chi connectivity index (χ1) is 30.8. The molecule has 2 aromatic heterocycles. The molecule has 348 valence electrons. The standard InChI is InChI=1S/C46H54ClF3N8O7/c1-26-19-36(58(24-26)42(60)39(55-44(62)63-6)30-13-17-64-18-14-30)40-52-23-35(53-40)29-9-7-28(8-10-29)32-20-33(47)34(21-37(32)65-46(48,49)50)54-41(59)31-11-12-38(51-22-31)57-16-15-56(25-27(57)2)43(61)45(3,4)5/h7-12,20-23,26-27,30,36,39H,13-19,24-25H2,1-6H3,(H,52,53)(H,54,59)(H,55,62)/t26-,27+,36-,39+/m0/s1. The van der Waals surface area contributed by atoms with E-state index >= 15 is 0 Å². The number of methoxy groups -OCH3 is 1. The number of imidazole rings is 1. The molecule has 3 fully saturated rings. The van der Waals surface area contributed by atoms with Crippen molar-refractivity contribution in [2.24, 2.45) is 17.3 Å². The van der Waals surface area contributed by atoms with Gasteiger partial charge in [-0.25, -0.2) is 14.8 Å². The quantitative estimate of drug-likeness (QED) is 0.141. The largest absolute Gasteiger partial charge is 0.573 e. The summed E-state index contributed by atoms with van der Waals surface area (Å²) in [7, 11) is 1.25. The molecule has 2 aromatic carbocycles. The molecule has 7 rings (SSSR count).